The molecule has 6 aromatic carbocycles. The molecule has 1 aliphatic carbocycles. The fourth-order valence-electron chi connectivity index (χ4n) is 7.07. The molecule has 0 bridgehead atoms. The maximum absolute atomic E-state index is 4.96. The molecule has 48 heavy (non-hydrogen) atoms. The zero-order valence-electron chi connectivity index (χ0n) is 27.8. The minimum atomic E-state index is -0.0413. The summed E-state index contributed by atoms with van der Waals surface area (Å²) in [4.78, 5) is 14.8. The van der Waals surface area contributed by atoms with E-state index in [1.807, 2.05) is 60.7 Å². The van der Waals surface area contributed by atoms with Crippen LogP contribution in [0, 0.1) is 0 Å². The highest BCUT2D eigenvalue weighted by molar-refractivity contribution is 5.82. The number of nitrogens with zero attached hydrogens (tertiary/aromatic N) is 3. The van der Waals surface area contributed by atoms with Crippen LogP contribution in [-0.2, 0) is 10.8 Å². The van der Waals surface area contributed by atoms with Gasteiger partial charge in [0.2, 0.25) is 0 Å². The molecule has 0 spiro atoms. The van der Waals surface area contributed by atoms with E-state index in [2.05, 4.69) is 119 Å². The van der Waals surface area contributed by atoms with Gasteiger partial charge in [-0.1, -0.05) is 161 Å². The second-order valence-corrected chi connectivity index (χ2v) is 13.8. The molecule has 1 aliphatic rings. The van der Waals surface area contributed by atoms with Crippen molar-refractivity contribution in [2.75, 3.05) is 0 Å². The highest BCUT2D eigenvalue weighted by atomic mass is 15.0. The van der Waals surface area contributed by atoms with E-state index in [1.165, 1.54) is 33.4 Å². The van der Waals surface area contributed by atoms with Crippen molar-refractivity contribution in [1.82, 2.24) is 15.0 Å². The van der Waals surface area contributed by atoms with Crippen molar-refractivity contribution < 1.29 is 0 Å². The Hall–Kier alpha value is -5.67. The lowest BCUT2D eigenvalue weighted by Crippen LogP contribution is -2.43. The normalized spacial score (nSPS) is 14.2. The molecule has 0 saturated carbocycles. The first kappa shape index (κ1) is 29.7. The molecule has 232 valence electrons. The van der Waals surface area contributed by atoms with Crippen LogP contribution in [0.5, 0.6) is 0 Å². The van der Waals surface area contributed by atoms with Crippen molar-refractivity contribution in [2.24, 2.45) is 0 Å². The number of fused-ring (bicyclic) bond motifs is 3. The average molecular weight is 620 g/mol. The fraction of sp³-hybridized carbons (Fsp3) is 0.133. The smallest absolute Gasteiger partial charge is 0.164 e. The van der Waals surface area contributed by atoms with Crippen LogP contribution in [-0.4, -0.2) is 15.0 Å². The molecule has 1 aromatic heterocycles. The van der Waals surface area contributed by atoms with Crippen LogP contribution in [0.15, 0.2) is 152 Å². The van der Waals surface area contributed by atoms with Crippen molar-refractivity contribution in [2.45, 2.75) is 38.5 Å². The monoisotopic (exact) mass is 619 g/mol. The summed E-state index contributed by atoms with van der Waals surface area (Å²) in [7, 11) is 0. The SMILES string of the molecule is CC1(C)c2ccccc2-c2ccc(-c3cccc(-c4cccc(-c5nc(-c6ccccc6)nc(-c6ccccc6)n5)c4)c3)cc2C1(C)C. The van der Waals surface area contributed by atoms with Crippen molar-refractivity contribution in [3.63, 3.8) is 0 Å². The Morgan fingerprint density at radius 1 is 0.312 bits per heavy atom. The molecular weight excluding hydrogens is 583 g/mol. The van der Waals surface area contributed by atoms with E-state index in [0.29, 0.717) is 17.5 Å². The summed E-state index contributed by atoms with van der Waals surface area (Å²) in [6, 6.07) is 53.5. The van der Waals surface area contributed by atoms with E-state index < -0.39 is 0 Å². The van der Waals surface area contributed by atoms with E-state index in [9.17, 15) is 0 Å². The summed E-state index contributed by atoms with van der Waals surface area (Å²) in [6.07, 6.45) is 0. The highest BCUT2D eigenvalue weighted by Gasteiger charge is 2.45. The standard InChI is InChI=1S/C45H37N3/c1-44(2)39-24-12-11-23-37(39)38-26-25-35(29-40(38)45(44,3)4)33-20-13-19-32(27-33)34-21-14-22-36(28-34)43-47-41(30-15-7-5-8-16-30)46-42(48-43)31-17-9-6-10-18-31/h5-29H,1-4H3. The van der Waals surface area contributed by atoms with Crippen LogP contribution >= 0.6 is 0 Å². The van der Waals surface area contributed by atoms with Gasteiger partial charge in [-0.25, -0.2) is 15.0 Å². The first-order chi connectivity index (χ1) is 23.3. The van der Waals surface area contributed by atoms with E-state index in [-0.39, 0.29) is 10.8 Å². The van der Waals surface area contributed by atoms with Crippen LogP contribution < -0.4 is 0 Å². The van der Waals surface area contributed by atoms with Gasteiger partial charge in [-0.05, 0) is 73.5 Å². The molecule has 3 heteroatoms. The largest absolute Gasteiger partial charge is 0.208 e. The molecule has 0 amide bonds. The zero-order chi connectivity index (χ0) is 32.9. The van der Waals surface area contributed by atoms with Crippen LogP contribution in [0.4, 0.5) is 0 Å². The van der Waals surface area contributed by atoms with Crippen LogP contribution in [0.1, 0.15) is 38.8 Å². The van der Waals surface area contributed by atoms with Gasteiger partial charge in [0.1, 0.15) is 0 Å². The number of aromatic nitrogens is 3. The maximum Gasteiger partial charge on any atom is 0.164 e. The molecule has 0 radical (unpaired) electrons. The number of rotatable bonds is 5. The predicted octanol–water partition coefficient (Wildman–Crippen LogP) is 11.4. The van der Waals surface area contributed by atoms with Gasteiger partial charge in [-0.15, -0.1) is 0 Å². The predicted molar refractivity (Wildman–Crippen MR) is 198 cm³/mol. The summed E-state index contributed by atoms with van der Waals surface area (Å²) in [6.45, 7) is 9.54. The quantitative estimate of drug-likeness (QED) is 0.192. The third-order valence-electron chi connectivity index (χ3n) is 10.5. The third-order valence-corrected chi connectivity index (χ3v) is 10.5. The fourth-order valence-corrected chi connectivity index (χ4v) is 7.07. The van der Waals surface area contributed by atoms with Gasteiger partial charge in [0.15, 0.2) is 17.5 Å². The minimum Gasteiger partial charge on any atom is -0.208 e. The maximum atomic E-state index is 4.96. The molecule has 7 aromatic rings. The lowest BCUT2D eigenvalue weighted by molar-refractivity contribution is 0.299. The van der Waals surface area contributed by atoms with Gasteiger partial charge in [0.05, 0.1) is 0 Å². The van der Waals surface area contributed by atoms with Crippen molar-refractivity contribution in [3.05, 3.63) is 163 Å². The lowest BCUT2D eigenvalue weighted by Gasteiger charge is -2.48. The summed E-state index contributed by atoms with van der Waals surface area (Å²) >= 11 is 0. The van der Waals surface area contributed by atoms with Crippen LogP contribution in [0.3, 0.4) is 0 Å². The van der Waals surface area contributed by atoms with Crippen LogP contribution in [0.2, 0.25) is 0 Å². The average Bonchev–Trinajstić information content (AvgIpc) is 3.15. The van der Waals surface area contributed by atoms with Gasteiger partial charge >= 0.3 is 0 Å². The Morgan fingerprint density at radius 3 is 1.29 bits per heavy atom. The van der Waals surface area contributed by atoms with Gasteiger partial charge in [-0.3, -0.25) is 0 Å². The molecule has 0 aliphatic heterocycles. The molecule has 1 heterocycles. The molecule has 0 unspecified atom stereocenters. The molecule has 0 saturated heterocycles. The topological polar surface area (TPSA) is 38.7 Å². The van der Waals surface area contributed by atoms with Crippen LogP contribution in [0.25, 0.3) is 67.5 Å². The Balaban J connectivity index is 1.19. The van der Waals surface area contributed by atoms with E-state index >= 15 is 0 Å². The Labute approximate surface area is 283 Å². The molecule has 0 N–H and O–H groups in total. The first-order valence-electron chi connectivity index (χ1n) is 16.6. The molecule has 3 nitrogen and oxygen atoms in total. The highest BCUT2D eigenvalue weighted by Crippen LogP contribution is 2.54. The van der Waals surface area contributed by atoms with Gasteiger partial charge in [0.25, 0.3) is 0 Å². The second kappa shape index (κ2) is 11.5. The zero-order valence-corrected chi connectivity index (χ0v) is 27.8. The number of benzene rings is 6. The molecule has 0 atom stereocenters. The molecule has 0 fully saturated rings. The second-order valence-electron chi connectivity index (χ2n) is 13.8. The Bertz CT molecular complexity index is 2230. The van der Waals surface area contributed by atoms with E-state index in [4.69, 9.17) is 15.0 Å². The summed E-state index contributed by atoms with van der Waals surface area (Å²) in [5.41, 5.74) is 13.0. The van der Waals surface area contributed by atoms with Crippen molar-refractivity contribution in [3.8, 4) is 67.5 Å². The summed E-state index contributed by atoms with van der Waals surface area (Å²) in [5, 5.41) is 0. The van der Waals surface area contributed by atoms with Crippen molar-refractivity contribution in [1.29, 1.82) is 0 Å². The third kappa shape index (κ3) is 5.03. The first-order valence-corrected chi connectivity index (χ1v) is 16.6. The van der Waals surface area contributed by atoms with Crippen molar-refractivity contribution >= 4 is 0 Å². The van der Waals surface area contributed by atoms with Gasteiger partial charge < -0.3 is 0 Å². The number of hydrogen-bond acceptors (Lipinski definition) is 3. The number of hydrogen-bond donors (Lipinski definition) is 0. The van der Waals surface area contributed by atoms with Gasteiger partial charge in [0, 0.05) is 16.7 Å². The molecule has 8 rings (SSSR count). The van der Waals surface area contributed by atoms with E-state index in [1.54, 1.807) is 0 Å². The Morgan fingerprint density at radius 2 is 0.708 bits per heavy atom. The minimum absolute atomic E-state index is 0.00666. The lowest BCUT2D eigenvalue weighted by atomic mass is 9.55. The van der Waals surface area contributed by atoms with Gasteiger partial charge in [-0.2, -0.15) is 0 Å². The Kier molecular flexibility index (Phi) is 7.14. The summed E-state index contributed by atoms with van der Waals surface area (Å²) in [5.74, 6) is 1.97. The molecular formula is C45H37N3. The summed E-state index contributed by atoms with van der Waals surface area (Å²) < 4.78 is 0. The van der Waals surface area contributed by atoms with E-state index in [0.717, 1.165) is 27.8 Å².